The van der Waals surface area contributed by atoms with Gasteiger partial charge in [-0.3, -0.25) is 0 Å². The third kappa shape index (κ3) is 3.77. The van der Waals surface area contributed by atoms with Crippen LogP contribution in [0.4, 0.5) is 11.4 Å². The van der Waals surface area contributed by atoms with E-state index in [2.05, 4.69) is 101 Å². The van der Waals surface area contributed by atoms with Gasteiger partial charge >= 0.3 is 0 Å². The minimum absolute atomic E-state index is 0.203. The SMILES string of the molecule is CCN(CC)CCOc1ccc(C2N3Cc4ccccc4CN2c2ccccc23)cc1. The predicted molar refractivity (Wildman–Crippen MR) is 128 cm³/mol. The number of nitrogens with zero attached hydrogens (tertiary/aromatic N) is 3. The summed E-state index contributed by atoms with van der Waals surface area (Å²) in [4.78, 5) is 7.46. The van der Waals surface area contributed by atoms with E-state index in [1.807, 2.05) is 0 Å². The number of anilines is 2. The van der Waals surface area contributed by atoms with Gasteiger partial charge in [-0.15, -0.1) is 0 Å². The van der Waals surface area contributed by atoms with Crippen LogP contribution < -0.4 is 14.5 Å². The average Bonchev–Trinajstić information content (AvgIpc) is 2.99. The molecule has 0 radical (unpaired) electrons. The Bertz CT molecular complexity index is 977. The van der Waals surface area contributed by atoms with Gasteiger partial charge in [0.15, 0.2) is 0 Å². The lowest BCUT2D eigenvalue weighted by Crippen LogP contribution is -2.32. The lowest BCUT2D eigenvalue weighted by molar-refractivity contribution is 0.223. The molecule has 2 aliphatic rings. The zero-order valence-electron chi connectivity index (χ0n) is 18.5. The molecule has 0 unspecified atom stereocenters. The molecule has 0 saturated carbocycles. The Labute approximate surface area is 185 Å². The van der Waals surface area contributed by atoms with Gasteiger partial charge in [-0.25, -0.2) is 0 Å². The Morgan fingerprint density at radius 1 is 0.774 bits per heavy atom. The summed E-state index contributed by atoms with van der Waals surface area (Å²) in [5.74, 6) is 0.947. The van der Waals surface area contributed by atoms with Crippen LogP contribution in [-0.4, -0.2) is 31.1 Å². The lowest BCUT2D eigenvalue weighted by atomic mass is 10.1. The highest BCUT2D eigenvalue weighted by Gasteiger charge is 2.39. The number of ether oxygens (including phenoxy) is 1. The summed E-state index contributed by atoms with van der Waals surface area (Å²) in [7, 11) is 0. The molecule has 2 heterocycles. The Hall–Kier alpha value is -2.98. The molecule has 2 bridgehead atoms. The van der Waals surface area contributed by atoms with Crippen LogP contribution in [0.25, 0.3) is 0 Å². The topological polar surface area (TPSA) is 19.0 Å². The molecule has 0 aliphatic carbocycles. The molecule has 160 valence electrons. The molecule has 2 aliphatic heterocycles. The quantitative estimate of drug-likeness (QED) is 0.513. The highest BCUT2D eigenvalue weighted by Crippen LogP contribution is 2.49. The fourth-order valence-corrected chi connectivity index (χ4v) is 4.89. The summed E-state index contributed by atoms with van der Waals surface area (Å²) in [6, 6.07) is 26.4. The third-order valence-electron chi connectivity index (χ3n) is 6.64. The van der Waals surface area contributed by atoms with Crippen molar-refractivity contribution in [1.29, 1.82) is 0 Å². The standard InChI is InChI=1S/C27H31N3O/c1-3-28(4-2)17-18-31-24-15-13-21(14-16-24)27-29-19-22-9-5-6-10-23(22)20-30(27)26-12-8-7-11-25(26)29/h5-16,27H,3-4,17-20H2,1-2H3. The molecule has 0 aromatic heterocycles. The second-order valence-corrected chi connectivity index (χ2v) is 8.33. The van der Waals surface area contributed by atoms with Crippen molar-refractivity contribution < 1.29 is 4.74 Å². The van der Waals surface area contributed by atoms with Gasteiger partial charge in [0, 0.05) is 19.6 Å². The van der Waals surface area contributed by atoms with Crippen LogP contribution in [-0.2, 0) is 13.1 Å². The minimum atomic E-state index is 0.203. The van der Waals surface area contributed by atoms with E-state index >= 15 is 0 Å². The first-order valence-corrected chi connectivity index (χ1v) is 11.4. The van der Waals surface area contributed by atoms with E-state index in [1.165, 1.54) is 28.1 Å². The van der Waals surface area contributed by atoms with Crippen molar-refractivity contribution in [3.63, 3.8) is 0 Å². The first-order valence-electron chi connectivity index (χ1n) is 11.4. The molecule has 3 aromatic rings. The molecule has 31 heavy (non-hydrogen) atoms. The maximum atomic E-state index is 6.02. The van der Waals surface area contributed by atoms with E-state index in [0.717, 1.165) is 45.1 Å². The number of benzene rings is 3. The summed E-state index contributed by atoms with van der Waals surface area (Å²) in [5, 5.41) is 0. The van der Waals surface area contributed by atoms with Crippen molar-refractivity contribution in [2.75, 3.05) is 36.0 Å². The van der Waals surface area contributed by atoms with Gasteiger partial charge in [0.2, 0.25) is 0 Å². The maximum Gasteiger partial charge on any atom is 0.129 e. The number of para-hydroxylation sites is 2. The molecular weight excluding hydrogens is 382 g/mol. The van der Waals surface area contributed by atoms with Crippen LogP contribution in [0.15, 0.2) is 72.8 Å². The highest BCUT2D eigenvalue weighted by atomic mass is 16.5. The zero-order valence-corrected chi connectivity index (χ0v) is 18.5. The Balaban J connectivity index is 1.39. The first-order chi connectivity index (χ1) is 15.3. The van der Waals surface area contributed by atoms with Gasteiger partial charge in [0.05, 0.1) is 11.4 Å². The van der Waals surface area contributed by atoms with Gasteiger partial charge in [0.1, 0.15) is 18.5 Å². The van der Waals surface area contributed by atoms with Crippen molar-refractivity contribution in [3.05, 3.63) is 89.5 Å². The minimum Gasteiger partial charge on any atom is -0.492 e. The van der Waals surface area contributed by atoms with Crippen molar-refractivity contribution >= 4 is 11.4 Å². The molecule has 0 spiro atoms. The van der Waals surface area contributed by atoms with E-state index in [4.69, 9.17) is 4.74 Å². The van der Waals surface area contributed by atoms with Crippen molar-refractivity contribution in [1.82, 2.24) is 4.90 Å². The van der Waals surface area contributed by atoms with Crippen LogP contribution >= 0.6 is 0 Å². The van der Waals surface area contributed by atoms with Crippen molar-refractivity contribution in [2.24, 2.45) is 0 Å². The summed E-state index contributed by atoms with van der Waals surface area (Å²) in [6.07, 6.45) is 0.203. The van der Waals surface area contributed by atoms with Crippen LogP contribution in [0, 0.1) is 0 Å². The van der Waals surface area contributed by atoms with Crippen LogP contribution in [0.5, 0.6) is 5.75 Å². The molecule has 4 heteroatoms. The lowest BCUT2D eigenvalue weighted by Gasteiger charge is -2.31. The summed E-state index contributed by atoms with van der Waals surface area (Å²) in [6.45, 7) is 10.1. The smallest absolute Gasteiger partial charge is 0.129 e. The fourth-order valence-electron chi connectivity index (χ4n) is 4.89. The van der Waals surface area contributed by atoms with Gasteiger partial charge < -0.3 is 19.4 Å². The summed E-state index contributed by atoms with van der Waals surface area (Å²) >= 11 is 0. The maximum absolute atomic E-state index is 6.02. The average molecular weight is 414 g/mol. The fraction of sp³-hybridized carbons (Fsp3) is 0.333. The van der Waals surface area contributed by atoms with Crippen LogP contribution in [0.3, 0.4) is 0 Å². The number of hydrogen-bond acceptors (Lipinski definition) is 4. The molecular formula is C27H31N3O. The molecule has 0 N–H and O–H groups in total. The van der Waals surface area contributed by atoms with E-state index in [-0.39, 0.29) is 6.17 Å². The molecule has 3 aromatic carbocycles. The molecule has 0 atom stereocenters. The number of hydrogen-bond donors (Lipinski definition) is 0. The van der Waals surface area contributed by atoms with Gasteiger partial charge in [-0.05, 0) is 54.0 Å². The predicted octanol–water partition coefficient (Wildman–Crippen LogP) is 5.45. The van der Waals surface area contributed by atoms with Crippen molar-refractivity contribution in [2.45, 2.75) is 33.1 Å². The summed E-state index contributed by atoms with van der Waals surface area (Å²) < 4.78 is 6.02. The second-order valence-electron chi connectivity index (χ2n) is 8.33. The Kier molecular flexibility index (Phi) is 5.56. The Morgan fingerprint density at radius 2 is 1.32 bits per heavy atom. The zero-order chi connectivity index (χ0) is 21.2. The van der Waals surface area contributed by atoms with E-state index in [9.17, 15) is 0 Å². The van der Waals surface area contributed by atoms with E-state index in [1.54, 1.807) is 0 Å². The first kappa shape index (κ1) is 20.0. The number of fused-ring (bicyclic) bond motifs is 6. The molecule has 4 nitrogen and oxygen atoms in total. The van der Waals surface area contributed by atoms with Crippen LogP contribution in [0.1, 0.15) is 36.7 Å². The summed E-state index contributed by atoms with van der Waals surface area (Å²) in [5.41, 5.74) is 6.78. The monoisotopic (exact) mass is 413 g/mol. The highest BCUT2D eigenvalue weighted by molar-refractivity contribution is 5.79. The van der Waals surface area contributed by atoms with E-state index < -0.39 is 0 Å². The van der Waals surface area contributed by atoms with Gasteiger partial charge in [-0.2, -0.15) is 0 Å². The number of rotatable bonds is 7. The van der Waals surface area contributed by atoms with Crippen LogP contribution in [0.2, 0.25) is 0 Å². The van der Waals surface area contributed by atoms with Gasteiger partial charge in [-0.1, -0.05) is 62.4 Å². The molecule has 5 rings (SSSR count). The largest absolute Gasteiger partial charge is 0.492 e. The molecule has 0 amide bonds. The normalized spacial score (nSPS) is 15.1. The molecule has 0 fully saturated rings. The van der Waals surface area contributed by atoms with Gasteiger partial charge in [0.25, 0.3) is 0 Å². The number of likely N-dealkylation sites (N-methyl/N-ethyl adjacent to an activating group) is 1. The second kappa shape index (κ2) is 8.64. The van der Waals surface area contributed by atoms with E-state index in [0.29, 0.717) is 0 Å². The molecule has 0 saturated heterocycles. The Morgan fingerprint density at radius 3 is 1.87 bits per heavy atom. The van der Waals surface area contributed by atoms with Crippen molar-refractivity contribution in [3.8, 4) is 5.75 Å². The third-order valence-corrected chi connectivity index (χ3v) is 6.64.